The molecule has 2 atom stereocenters. The lowest BCUT2D eigenvalue weighted by Gasteiger charge is -2.20. The number of benzene rings is 1. The molecule has 1 saturated heterocycles. The third-order valence-corrected chi connectivity index (χ3v) is 5.11. The predicted molar refractivity (Wildman–Crippen MR) is 108 cm³/mol. The molecule has 1 fully saturated rings. The molecule has 0 spiro atoms. The number of pyridine rings is 1. The maximum atomic E-state index is 13.2. The number of nitrogens with two attached hydrogens (primary N) is 1. The first-order chi connectivity index (χ1) is 14.4. The Morgan fingerprint density at radius 2 is 1.97 bits per heavy atom. The first kappa shape index (κ1) is 19.3. The molecule has 2 aromatic rings. The lowest BCUT2D eigenvalue weighted by atomic mass is 10.1. The summed E-state index contributed by atoms with van der Waals surface area (Å²) in [5, 5.41) is 5.66. The van der Waals surface area contributed by atoms with Crippen molar-refractivity contribution in [2.24, 2.45) is 5.73 Å². The quantitative estimate of drug-likeness (QED) is 0.639. The van der Waals surface area contributed by atoms with Crippen molar-refractivity contribution in [2.45, 2.75) is 18.5 Å². The van der Waals surface area contributed by atoms with E-state index in [9.17, 15) is 19.2 Å². The van der Waals surface area contributed by atoms with E-state index in [-0.39, 0.29) is 30.3 Å². The smallest absolute Gasteiger partial charge is 0.256 e. The number of nitrogens with one attached hydrogen (secondary N) is 2. The van der Waals surface area contributed by atoms with Crippen LogP contribution in [0.3, 0.4) is 0 Å². The monoisotopic (exact) mass is 405 g/mol. The molecular formula is C21H19N5O4. The summed E-state index contributed by atoms with van der Waals surface area (Å²) in [5.74, 6) is -1.50. The number of anilines is 1. The van der Waals surface area contributed by atoms with Crippen molar-refractivity contribution < 1.29 is 19.2 Å². The van der Waals surface area contributed by atoms with Crippen LogP contribution >= 0.6 is 0 Å². The van der Waals surface area contributed by atoms with Crippen LogP contribution in [0.15, 0.2) is 48.8 Å². The average molecular weight is 405 g/mol. The number of aromatic nitrogens is 1. The summed E-state index contributed by atoms with van der Waals surface area (Å²) in [4.78, 5) is 54.6. The second kappa shape index (κ2) is 7.78. The number of hydrogen-bond donors (Lipinski definition) is 3. The summed E-state index contributed by atoms with van der Waals surface area (Å²) in [5.41, 5.74) is 6.91. The van der Waals surface area contributed by atoms with Crippen LogP contribution in [0.5, 0.6) is 0 Å². The molecule has 30 heavy (non-hydrogen) atoms. The molecule has 152 valence electrons. The molecule has 4 N–H and O–H groups in total. The fraction of sp³-hybridized carbons (Fsp3) is 0.190. The van der Waals surface area contributed by atoms with Crippen LogP contribution in [0, 0.1) is 0 Å². The molecule has 0 aliphatic carbocycles. The summed E-state index contributed by atoms with van der Waals surface area (Å²) in [6.45, 7) is 0.217. The van der Waals surface area contributed by atoms with Crippen molar-refractivity contribution in [3.05, 3.63) is 65.5 Å². The standard InChI is InChI=1S/C21H19N5O4/c22-18(27)4-2-12-1-3-16-15(9-12)21(30)26-11-14(10-17(26)20(29)25-16)24-19(28)13-5-7-23-8-6-13/h1-9,14,17H,10-11H2,(H2,22,27)(H,24,28)(H,25,29). The van der Waals surface area contributed by atoms with Crippen molar-refractivity contribution in [3.8, 4) is 0 Å². The molecule has 3 heterocycles. The normalized spacial score (nSPS) is 20.3. The molecule has 0 radical (unpaired) electrons. The fourth-order valence-corrected chi connectivity index (χ4v) is 3.69. The van der Waals surface area contributed by atoms with Gasteiger partial charge in [0.25, 0.3) is 11.8 Å². The fourth-order valence-electron chi connectivity index (χ4n) is 3.69. The Morgan fingerprint density at radius 3 is 2.70 bits per heavy atom. The molecule has 0 bridgehead atoms. The molecule has 2 aliphatic heterocycles. The number of fused-ring (bicyclic) bond motifs is 2. The van der Waals surface area contributed by atoms with Crippen LogP contribution in [0.1, 0.15) is 32.7 Å². The van der Waals surface area contributed by atoms with Crippen molar-refractivity contribution in [1.82, 2.24) is 15.2 Å². The van der Waals surface area contributed by atoms with Gasteiger partial charge in [-0.2, -0.15) is 0 Å². The van der Waals surface area contributed by atoms with E-state index in [4.69, 9.17) is 5.73 Å². The number of amides is 4. The summed E-state index contributed by atoms with van der Waals surface area (Å²) in [6.07, 6.45) is 6.06. The van der Waals surface area contributed by atoms with Crippen LogP contribution in [0.25, 0.3) is 6.08 Å². The van der Waals surface area contributed by atoms with Gasteiger partial charge in [-0.1, -0.05) is 6.07 Å². The Hall–Kier alpha value is -4.01. The highest BCUT2D eigenvalue weighted by atomic mass is 16.2. The van der Waals surface area contributed by atoms with Gasteiger partial charge in [0.15, 0.2) is 0 Å². The Labute approximate surface area is 172 Å². The zero-order valence-corrected chi connectivity index (χ0v) is 15.9. The lowest BCUT2D eigenvalue weighted by Crippen LogP contribution is -2.41. The number of carbonyl (C=O) groups excluding carboxylic acids is 4. The third-order valence-electron chi connectivity index (χ3n) is 5.11. The zero-order chi connectivity index (χ0) is 21.3. The van der Waals surface area contributed by atoms with Gasteiger partial charge in [0.1, 0.15) is 6.04 Å². The SMILES string of the molecule is NC(=O)C=Cc1ccc2c(c1)C(=O)N1CC(NC(=O)c3ccncc3)CC1C(=O)N2. The van der Waals surface area contributed by atoms with Gasteiger partial charge in [-0.25, -0.2) is 0 Å². The molecule has 4 amide bonds. The van der Waals surface area contributed by atoms with E-state index in [1.807, 2.05) is 0 Å². The van der Waals surface area contributed by atoms with E-state index in [1.165, 1.54) is 29.4 Å². The van der Waals surface area contributed by atoms with Crippen LogP contribution in [-0.2, 0) is 9.59 Å². The summed E-state index contributed by atoms with van der Waals surface area (Å²) in [6, 6.07) is 7.05. The number of hydrogen-bond acceptors (Lipinski definition) is 5. The topological polar surface area (TPSA) is 134 Å². The molecule has 2 unspecified atom stereocenters. The predicted octanol–water partition coefficient (Wildman–Crippen LogP) is 0.545. The molecule has 9 nitrogen and oxygen atoms in total. The van der Waals surface area contributed by atoms with E-state index in [0.717, 1.165) is 0 Å². The van der Waals surface area contributed by atoms with Crippen LogP contribution in [0.4, 0.5) is 5.69 Å². The molecule has 4 rings (SSSR count). The Balaban J connectivity index is 1.55. The molecule has 1 aromatic heterocycles. The molecule has 1 aromatic carbocycles. The van der Waals surface area contributed by atoms with Crippen LogP contribution < -0.4 is 16.4 Å². The number of primary amides is 1. The second-order valence-electron chi connectivity index (χ2n) is 7.15. The van der Waals surface area contributed by atoms with Crippen LogP contribution in [-0.4, -0.2) is 52.1 Å². The highest BCUT2D eigenvalue weighted by molar-refractivity contribution is 6.10. The molecular weight excluding hydrogens is 386 g/mol. The van der Waals surface area contributed by atoms with Gasteiger partial charge in [0.2, 0.25) is 11.8 Å². The van der Waals surface area contributed by atoms with Crippen molar-refractivity contribution >= 4 is 35.4 Å². The first-order valence-corrected chi connectivity index (χ1v) is 9.36. The Kier molecular flexibility index (Phi) is 5.01. The number of nitrogens with zero attached hydrogens (tertiary/aromatic N) is 2. The maximum Gasteiger partial charge on any atom is 0.256 e. The largest absolute Gasteiger partial charge is 0.366 e. The van der Waals surface area contributed by atoms with E-state index in [0.29, 0.717) is 28.8 Å². The van der Waals surface area contributed by atoms with E-state index in [1.54, 1.807) is 30.3 Å². The van der Waals surface area contributed by atoms with Gasteiger partial charge >= 0.3 is 0 Å². The Bertz CT molecular complexity index is 1070. The van der Waals surface area contributed by atoms with E-state index in [2.05, 4.69) is 15.6 Å². The van der Waals surface area contributed by atoms with E-state index >= 15 is 0 Å². The highest BCUT2D eigenvalue weighted by Gasteiger charge is 2.43. The van der Waals surface area contributed by atoms with Crippen molar-refractivity contribution in [3.63, 3.8) is 0 Å². The maximum absolute atomic E-state index is 13.2. The van der Waals surface area contributed by atoms with Crippen molar-refractivity contribution in [2.75, 3.05) is 11.9 Å². The number of carbonyl (C=O) groups is 4. The lowest BCUT2D eigenvalue weighted by molar-refractivity contribution is -0.119. The number of rotatable bonds is 4. The molecule has 2 aliphatic rings. The minimum atomic E-state index is -0.683. The van der Waals surface area contributed by atoms with Crippen LogP contribution in [0.2, 0.25) is 0 Å². The van der Waals surface area contributed by atoms with Gasteiger partial charge in [0.05, 0.1) is 11.3 Å². The van der Waals surface area contributed by atoms with Gasteiger partial charge < -0.3 is 21.3 Å². The zero-order valence-electron chi connectivity index (χ0n) is 15.9. The molecule has 9 heteroatoms. The van der Waals surface area contributed by atoms with Gasteiger partial charge in [-0.15, -0.1) is 0 Å². The van der Waals surface area contributed by atoms with E-state index < -0.39 is 11.9 Å². The summed E-state index contributed by atoms with van der Waals surface area (Å²) < 4.78 is 0. The minimum absolute atomic E-state index is 0.217. The highest BCUT2D eigenvalue weighted by Crippen LogP contribution is 2.30. The molecule has 0 saturated carbocycles. The van der Waals surface area contributed by atoms with Gasteiger partial charge in [-0.05, 0) is 42.3 Å². The van der Waals surface area contributed by atoms with Gasteiger partial charge in [0, 0.05) is 36.6 Å². The Morgan fingerprint density at radius 1 is 1.20 bits per heavy atom. The van der Waals surface area contributed by atoms with Crippen molar-refractivity contribution in [1.29, 1.82) is 0 Å². The summed E-state index contributed by atoms with van der Waals surface area (Å²) >= 11 is 0. The third kappa shape index (κ3) is 3.77. The van der Waals surface area contributed by atoms with Gasteiger partial charge in [-0.3, -0.25) is 24.2 Å². The minimum Gasteiger partial charge on any atom is -0.366 e. The summed E-state index contributed by atoms with van der Waals surface area (Å²) in [7, 11) is 0. The first-order valence-electron chi connectivity index (χ1n) is 9.36. The second-order valence-corrected chi connectivity index (χ2v) is 7.15. The average Bonchev–Trinajstić information content (AvgIpc) is 3.13.